The molecule has 0 aliphatic carbocycles. The zero-order chi connectivity index (χ0) is 15.6. The molecule has 110 valence electrons. The van der Waals surface area contributed by atoms with Crippen molar-refractivity contribution in [1.82, 2.24) is 4.98 Å². The van der Waals surface area contributed by atoms with Gasteiger partial charge >= 0.3 is 5.69 Å². The van der Waals surface area contributed by atoms with Crippen LogP contribution in [0, 0.1) is 10.1 Å². The largest absolute Gasteiger partial charge is 0.433 e. The first-order valence-corrected chi connectivity index (χ1v) is 7.74. The molecular formula is C14H12Br2N2O3. The van der Waals surface area contributed by atoms with Gasteiger partial charge in [0.2, 0.25) is 0 Å². The van der Waals surface area contributed by atoms with Crippen molar-refractivity contribution >= 4 is 37.5 Å². The molecule has 0 saturated heterocycles. The van der Waals surface area contributed by atoms with Crippen molar-refractivity contribution in [1.29, 1.82) is 0 Å². The first kappa shape index (κ1) is 15.9. The highest BCUT2D eigenvalue weighted by atomic mass is 79.9. The first-order chi connectivity index (χ1) is 9.88. The van der Waals surface area contributed by atoms with Gasteiger partial charge in [-0.15, -0.1) is 0 Å². The Morgan fingerprint density at radius 3 is 2.57 bits per heavy atom. The van der Waals surface area contributed by atoms with Crippen LogP contribution >= 0.6 is 31.9 Å². The molecule has 0 fully saturated rings. The number of hydrogen-bond acceptors (Lipinski definition) is 4. The number of aromatic nitrogens is 1. The van der Waals surface area contributed by atoms with E-state index in [1.165, 1.54) is 12.3 Å². The molecule has 0 atom stereocenters. The normalized spacial score (nSPS) is 10.7. The molecule has 5 nitrogen and oxygen atoms in total. The third kappa shape index (κ3) is 3.79. The van der Waals surface area contributed by atoms with Gasteiger partial charge in [-0.3, -0.25) is 10.1 Å². The van der Waals surface area contributed by atoms with Crippen molar-refractivity contribution in [3.05, 3.63) is 55.1 Å². The number of hydrogen-bond donors (Lipinski definition) is 0. The van der Waals surface area contributed by atoms with Crippen molar-refractivity contribution < 1.29 is 9.66 Å². The zero-order valence-electron chi connectivity index (χ0n) is 11.3. The molecule has 1 heterocycles. The van der Waals surface area contributed by atoms with Crippen LogP contribution in [0.5, 0.6) is 11.6 Å². The van der Waals surface area contributed by atoms with Gasteiger partial charge in [0.15, 0.2) is 0 Å². The van der Waals surface area contributed by atoms with Crippen LogP contribution in [0.15, 0.2) is 39.4 Å². The second-order valence-corrected chi connectivity index (χ2v) is 6.51. The number of ether oxygens (including phenoxy) is 1. The minimum atomic E-state index is -0.513. The Morgan fingerprint density at radius 1 is 1.24 bits per heavy atom. The van der Waals surface area contributed by atoms with Crippen LogP contribution in [0.25, 0.3) is 0 Å². The van der Waals surface area contributed by atoms with E-state index in [1.807, 2.05) is 26.0 Å². The highest BCUT2D eigenvalue weighted by Gasteiger charge is 2.20. The predicted molar refractivity (Wildman–Crippen MR) is 86.9 cm³/mol. The molecule has 0 saturated carbocycles. The smallest absolute Gasteiger partial charge is 0.332 e. The summed E-state index contributed by atoms with van der Waals surface area (Å²) in [4.78, 5) is 14.6. The van der Waals surface area contributed by atoms with E-state index in [1.54, 1.807) is 6.07 Å². The van der Waals surface area contributed by atoms with Crippen LogP contribution in [-0.2, 0) is 0 Å². The van der Waals surface area contributed by atoms with Gasteiger partial charge in [-0.1, -0.05) is 29.8 Å². The second-order valence-electron chi connectivity index (χ2n) is 4.67. The average molecular weight is 416 g/mol. The van der Waals surface area contributed by atoms with E-state index in [0.29, 0.717) is 10.2 Å². The molecule has 0 amide bonds. The summed E-state index contributed by atoms with van der Waals surface area (Å²) in [7, 11) is 0. The van der Waals surface area contributed by atoms with Crippen LogP contribution < -0.4 is 4.74 Å². The molecule has 0 N–H and O–H groups in total. The van der Waals surface area contributed by atoms with E-state index < -0.39 is 4.92 Å². The Kier molecular flexibility index (Phi) is 4.95. The first-order valence-electron chi connectivity index (χ1n) is 6.15. The Hall–Kier alpha value is -1.47. The van der Waals surface area contributed by atoms with E-state index in [9.17, 15) is 10.1 Å². The Balaban J connectivity index is 2.46. The van der Waals surface area contributed by atoms with E-state index in [4.69, 9.17) is 4.74 Å². The van der Waals surface area contributed by atoms with Crippen LogP contribution in [0.4, 0.5) is 5.69 Å². The quantitative estimate of drug-likeness (QED) is 0.493. The van der Waals surface area contributed by atoms with Gasteiger partial charge < -0.3 is 4.74 Å². The van der Waals surface area contributed by atoms with Crippen molar-refractivity contribution in [3.63, 3.8) is 0 Å². The molecule has 7 heteroatoms. The van der Waals surface area contributed by atoms with Gasteiger partial charge in [-0.25, -0.2) is 4.98 Å². The van der Waals surface area contributed by atoms with E-state index in [2.05, 4.69) is 36.8 Å². The number of halogens is 2. The molecule has 1 aromatic heterocycles. The summed E-state index contributed by atoms with van der Waals surface area (Å²) in [5, 5.41) is 11.1. The molecule has 2 rings (SSSR count). The fraction of sp³-hybridized carbons (Fsp3) is 0.214. The third-order valence-corrected chi connectivity index (χ3v) is 3.72. The monoisotopic (exact) mass is 414 g/mol. The minimum Gasteiger partial charge on any atom is -0.433 e. The van der Waals surface area contributed by atoms with Crippen LogP contribution in [-0.4, -0.2) is 9.91 Å². The Labute approximate surface area is 138 Å². The summed E-state index contributed by atoms with van der Waals surface area (Å²) in [5.74, 6) is 0.755. The number of benzene rings is 1. The van der Waals surface area contributed by atoms with Crippen LogP contribution in [0.3, 0.4) is 0 Å². The maximum absolute atomic E-state index is 11.1. The maximum Gasteiger partial charge on any atom is 0.332 e. The van der Waals surface area contributed by atoms with Crippen molar-refractivity contribution in [2.75, 3.05) is 0 Å². The SMILES string of the molecule is CC(C)c1cc(Br)ccc1Oc1ncc(Br)cc1[N+](=O)[O-]. The lowest BCUT2D eigenvalue weighted by molar-refractivity contribution is -0.386. The number of nitrogens with zero attached hydrogens (tertiary/aromatic N) is 2. The van der Waals surface area contributed by atoms with Gasteiger partial charge in [-0.05, 0) is 45.6 Å². The maximum atomic E-state index is 11.1. The lowest BCUT2D eigenvalue weighted by Crippen LogP contribution is -1.99. The molecule has 0 aliphatic rings. The van der Waals surface area contributed by atoms with Gasteiger partial charge in [0.1, 0.15) is 5.75 Å². The van der Waals surface area contributed by atoms with Crippen molar-refractivity contribution in [2.24, 2.45) is 0 Å². The Morgan fingerprint density at radius 2 is 1.95 bits per heavy atom. The van der Waals surface area contributed by atoms with E-state index >= 15 is 0 Å². The summed E-state index contributed by atoms with van der Waals surface area (Å²) in [6.45, 7) is 4.05. The summed E-state index contributed by atoms with van der Waals surface area (Å²) >= 11 is 6.58. The van der Waals surface area contributed by atoms with Gasteiger partial charge in [0.05, 0.1) is 4.92 Å². The van der Waals surface area contributed by atoms with Crippen molar-refractivity contribution in [3.8, 4) is 11.6 Å². The van der Waals surface area contributed by atoms with Crippen molar-refractivity contribution in [2.45, 2.75) is 19.8 Å². The lowest BCUT2D eigenvalue weighted by Gasteiger charge is -2.13. The fourth-order valence-electron chi connectivity index (χ4n) is 1.79. The van der Waals surface area contributed by atoms with Gasteiger partial charge in [-0.2, -0.15) is 0 Å². The van der Waals surface area contributed by atoms with E-state index in [0.717, 1.165) is 10.0 Å². The third-order valence-electron chi connectivity index (χ3n) is 2.80. The highest BCUT2D eigenvalue weighted by Crippen LogP contribution is 2.36. The molecule has 0 spiro atoms. The fourth-order valence-corrected chi connectivity index (χ4v) is 2.49. The number of nitro groups is 1. The molecular weight excluding hydrogens is 404 g/mol. The van der Waals surface area contributed by atoms with Crippen LogP contribution in [0.1, 0.15) is 25.3 Å². The van der Waals surface area contributed by atoms with Gasteiger partial charge in [0, 0.05) is 21.2 Å². The molecule has 21 heavy (non-hydrogen) atoms. The van der Waals surface area contributed by atoms with Crippen LogP contribution in [0.2, 0.25) is 0 Å². The highest BCUT2D eigenvalue weighted by molar-refractivity contribution is 9.10. The minimum absolute atomic E-state index is 0.0209. The standard InChI is InChI=1S/C14H12Br2N2O3/c1-8(2)11-5-9(15)3-4-13(11)21-14-12(18(19)20)6-10(16)7-17-14/h3-8H,1-2H3. The van der Waals surface area contributed by atoms with Gasteiger partial charge in [0.25, 0.3) is 5.88 Å². The predicted octanol–water partition coefficient (Wildman–Crippen LogP) is 5.43. The molecule has 1 aromatic carbocycles. The van der Waals surface area contributed by atoms with E-state index in [-0.39, 0.29) is 17.5 Å². The number of pyridine rings is 1. The Bertz CT molecular complexity index is 690. The lowest BCUT2D eigenvalue weighted by atomic mass is 10.0. The summed E-state index contributed by atoms with van der Waals surface area (Å²) in [6.07, 6.45) is 1.47. The zero-order valence-corrected chi connectivity index (χ0v) is 14.5. The number of rotatable bonds is 4. The topological polar surface area (TPSA) is 65.3 Å². The summed E-state index contributed by atoms with van der Waals surface area (Å²) < 4.78 is 7.14. The average Bonchev–Trinajstić information content (AvgIpc) is 2.42. The summed E-state index contributed by atoms with van der Waals surface area (Å²) in [5.41, 5.74) is 0.769. The summed E-state index contributed by atoms with van der Waals surface area (Å²) in [6, 6.07) is 6.90. The molecule has 0 radical (unpaired) electrons. The molecule has 0 unspecified atom stereocenters. The molecule has 2 aromatic rings. The molecule has 0 bridgehead atoms. The second kappa shape index (κ2) is 6.53. The molecule has 0 aliphatic heterocycles.